The van der Waals surface area contributed by atoms with E-state index in [9.17, 15) is 4.39 Å². The zero-order valence-electron chi connectivity index (χ0n) is 9.90. The van der Waals surface area contributed by atoms with Gasteiger partial charge < -0.3 is 15.4 Å². The number of anilines is 2. The van der Waals surface area contributed by atoms with Crippen molar-refractivity contribution in [2.45, 2.75) is 12.8 Å². The number of nitrogen functional groups attached to an aromatic ring is 1. The molecule has 1 unspecified atom stereocenters. The summed E-state index contributed by atoms with van der Waals surface area (Å²) in [5.41, 5.74) is 5.46. The van der Waals surface area contributed by atoms with Crippen LogP contribution in [0.2, 0.25) is 0 Å². The minimum absolute atomic E-state index is 0.0909. The van der Waals surface area contributed by atoms with E-state index in [1.807, 2.05) is 0 Å². The Hall–Kier alpha value is -1.43. The van der Waals surface area contributed by atoms with Crippen molar-refractivity contribution in [3.8, 4) is 0 Å². The van der Waals surface area contributed by atoms with Crippen LogP contribution in [-0.2, 0) is 4.74 Å². The average molecular weight is 240 g/mol. The summed E-state index contributed by atoms with van der Waals surface area (Å²) in [5.74, 6) is 0.319. The van der Waals surface area contributed by atoms with Gasteiger partial charge >= 0.3 is 0 Å². The normalized spacial score (nSPS) is 20.2. The van der Waals surface area contributed by atoms with Crippen LogP contribution in [0.3, 0.4) is 0 Å². The van der Waals surface area contributed by atoms with Crippen molar-refractivity contribution in [1.29, 1.82) is 0 Å². The fraction of sp³-hybridized carbons (Fsp3) is 0.636. The van der Waals surface area contributed by atoms with Crippen LogP contribution in [0.5, 0.6) is 0 Å². The Morgan fingerprint density at radius 3 is 3.18 bits per heavy atom. The highest BCUT2D eigenvalue weighted by molar-refractivity contribution is 5.41. The van der Waals surface area contributed by atoms with Gasteiger partial charge in [-0.05, 0) is 18.8 Å². The number of hydrogen-bond donors (Lipinski definition) is 1. The molecule has 1 aromatic rings. The number of rotatable bonds is 3. The number of hydrogen-bond acceptors (Lipinski definition) is 5. The molecule has 0 spiro atoms. The van der Waals surface area contributed by atoms with Gasteiger partial charge in [0.25, 0.3) is 0 Å². The second kappa shape index (κ2) is 5.27. The van der Waals surface area contributed by atoms with Gasteiger partial charge in [-0.2, -0.15) is 4.98 Å². The van der Waals surface area contributed by atoms with Crippen molar-refractivity contribution in [3.63, 3.8) is 0 Å². The summed E-state index contributed by atoms with van der Waals surface area (Å²) in [6.07, 6.45) is 3.27. The maximum Gasteiger partial charge on any atom is 0.222 e. The molecule has 1 saturated heterocycles. The largest absolute Gasteiger partial charge is 0.381 e. The predicted molar refractivity (Wildman–Crippen MR) is 63.2 cm³/mol. The molecule has 1 fully saturated rings. The van der Waals surface area contributed by atoms with Crippen LogP contribution < -0.4 is 10.6 Å². The van der Waals surface area contributed by atoms with Gasteiger partial charge in [0, 0.05) is 20.2 Å². The first-order chi connectivity index (χ1) is 8.16. The Kier molecular flexibility index (Phi) is 3.73. The third-order valence-electron chi connectivity index (χ3n) is 2.89. The zero-order chi connectivity index (χ0) is 12.3. The lowest BCUT2D eigenvalue weighted by Gasteiger charge is -2.27. The monoisotopic (exact) mass is 240 g/mol. The van der Waals surface area contributed by atoms with Crippen LogP contribution in [0.25, 0.3) is 0 Å². The van der Waals surface area contributed by atoms with Gasteiger partial charge in [-0.3, -0.25) is 0 Å². The molecule has 6 heteroatoms. The predicted octanol–water partition coefficient (Wildman–Crippen LogP) is 1.06. The molecular weight excluding hydrogens is 223 g/mol. The zero-order valence-corrected chi connectivity index (χ0v) is 9.90. The van der Waals surface area contributed by atoms with Gasteiger partial charge in [-0.15, -0.1) is 0 Å². The molecule has 2 rings (SSSR count). The van der Waals surface area contributed by atoms with Crippen molar-refractivity contribution in [1.82, 2.24) is 9.97 Å². The van der Waals surface area contributed by atoms with E-state index in [4.69, 9.17) is 10.5 Å². The van der Waals surface area contributed by atoms with Crippen LogP contribution in [0, 0.1) is 11.7 Å². The Bertz CT molecular complexity index is 382. The van der Waals surface area contributed by atoms with Gasteiger partial charge in [0.2, 0.25) is 5.95 Å². The Labute approximate surface area is 99.8 Å². The van der Waals surface area contributed by atoms with Crippen molar-refractivity contribution in [2.75, 3.05) is 37.4 Å². The van der Waals surface area contributed by atoms with E-state index >= 15 is 0 Å². The van der Waals surface area contributed by atoms with E-state index in [1.165, 1.54) is 0 Å². The standard InChI is InChI=1S/C11H17FN4O/c1-16(6-8-3-2-4-17-7-8)10-9(12)5-14-11(13)15-10/h5,8H,2-4,6-7H2,1H3,(H2,13,14,15). The van der Waals surface area contributed by atoms with Crippen molar-refractivity contribution < 1.29 is 9.13 Å². The first kappa shape index (κ1) is 12.0. The third kappa shape index (κ3) is 3.03. The van der Waals surface area contributed by atoms with E-state index in [0.717, 1.165) is 32.3 Å². The van der Waals surface area contributed by atoms with Crippen LogP contribution in [0.4, 0.5) is 16.2 Å². The molecule has 0 aliphatic carbocycles. The van der Waals surface area contributed by atoms with E-state index < -0.39 is 5.82 Å². The molecule has 1 aromatic heterocycles. The molecule has 0 bridgehead atoms. The molecule has 94 valence electrons. The molecule has 17 heavy (non-hydrogen) atoms. The lowest BCUT2D eigenvalue weighted by atomic mass is 10.0. The summed E-state index contributed by atoms with van der Waals surface area (Å²) < 4.78 is 18.9. The van der Waals surface area contributed by atoms with E-state index in [2.05, 4.69) is 9.97 Å². The fourth-order valence-corrected chi connectivity index (χ4v) is 2.06. The van der Waals surface area contributed by atoms with Gasteiger partial charge in [0.1, 0.15) is 0 Å². The summed E-state index contributed by atoms with van der Waals surface area (Å²) in [6.45, 7) is 2.27. The second-order valence-electron chi connectivity index (χ2n) is 4.36. The summed E-state index contributed by atoms with van der Waals surface area (Å²) in [5, 5.41) is 0. The minimum Gasteiger partial charge on any atom is -0.381 e. The van der Waals surface area contributed by atoms with Crippen LogP contribution >= 0.6 is 0 Å². The summed E-state index contributed by atoms with van der Waals surface area (Å²) in [6, 6.07) is 0. The third-order valence-corrected chi connectivity index (χ3v) is 2.89. The summed E-state index contributed by atoms with van der Waals surface area (Å²) in [7, 11) is 1.81. The highest BCUT2D eigenvalue weighted by Crippen LogP contribution is 2.19. The van der Waals surface area contributed by atoms with Gasteiger partial charge in [0.15, 0.2) is 11.6 Å². The smallest absolute Gasteiger partial charge is 0.222 e. The van der Waals surface area contributed by atoms with Crippen LogP contribution in [0.1, 0.15) is 12.8 Å². The molecule has 0 aromatic carbocycles. The molecule has 2 heterocycles. The lowest BCUT2D eigenvalue weighted by Crippen LogP contribution is -2.32. The molecule has 0 amide bonds. The lowest BCUT2D eigenvalue weighted by molar-refractivity contribution is 0.0575. The van der Waals surface area contributed by atoms with Crippen LogP contribution in [0.15, 0.2) is 6.20 Å². The topological polar surface area (TPSA) is 64.3 Å². The Morgan fingerprint density at radius 1 is 1.65 bits per heavy atom. The molecule has 5 nitrogen and oxygen atoms in total. The minimum atomic E-state index is -0.446. The molecule has 2 N–H and O–H groups in total. The molecule has 1 atom stereocenters. The molecule has 0 radical (unpaired) electrons. The number of nitrogens with zero attached hydrogens (tertiary/aromatic N) is 3. The van der Waals surface area contributed by atoms with Gasteiger partial charge in [0.05, 0.1) is 12.8 Å². The highest BCUT2D eigenvalue weighted by Gasteiger charge is 2.18. The van der Waals surface area contributed by atoms with Crippen LogP contribution in [-0.4, -0.2) is 36.8 Å². The maximum atomic E-state index is 13.5. The molecule has 1 aliphatic heterocycles. The summed E-state index contributed by atoms with van der Waals surface area (Å²) in [4.78, 5) is 9.29. The summed E-state index contributed by atoms with van der Waals surface area (Å²) >= 11 is 0. The van der Waals surface area contributed by atoms with E-state index in [1.54, 1.807) is 11.9 Å². The van der Waals surface area contributed by atoms with E-state index in [-0.39, 0.29) is 11.8 Å². The first-order valence-corrected chi connectivity index (χ1v) is 5.73. The fourth-order valence-electron chi connectivity index (χ4n) is 2.06. The number of halogens is 1. The number of nitrogens with two attached hydrogens (primary N) is 1. The first-order valence-electron chi connectivity index (χ1n) is 5.73. The maximum absolute atomic E-state index is 13.5. The molecule has 1 aliphatic rings. The quantitative estimate of drug-likeness (QED) is 0.856. The second-order valence-corrected chi connectivity index (χ2v) is 4.36. The number of ether oxygens (including phenoxy) is 1. The van der Waals surface area contributed by atoms with Crippen molar-refractivity contribution in [3.05, 3.63) is 12.0 Å². The Balaban J connectivity index is 2.02. The Morgan fingerprint density at radius 2 is 2.47 bits per heavy atom. The number of aromatic nitrogens is 2. The van der Waals surface area contributed by atoms with Crippen molar-refractivity contribution >= 4 is 11.8 Å². The van der Waals surface area contributed by atoms with Crippen molar-refractivity contribution in [2.24, 2.45) is 5.92 Å². The van der Waals surface area contributed by atoms with Gasteiger partial charge in [-0.1, -0.05) is 0 Å². The molecular formula is C11H17FN4O. The average Bonchev–Trinajstić information content (AvgIpc) is 2.33. The SMILES string of the molecule is CN(CC1CCCOC1)c1nc(N)ncc1F. The van der Waals surface area contributed by atoms with E-state index in [0.29, 0.717) is 12.5 Å². The van der Waals surface area contributed by atoms with Gasteiger partial charge in [-0.25, -0.2) is 9.37 Å². The highest BCUT2D eigenvalue weighted by atomic mass is 19.1. The molecule has 0 saturated carbocycles.